The molecule has 2 aromatic carbocycles. The highest BCUT2D eigenvalue weighted by Crippen LogP contribution is 2.20. The number of aryl methyl sites for hydroxylation is 2. The molecule has 0 bridgehead atoms. The smallest absolute Gasteiger partial charge is 0.277 e. The van der Waals surface area contributed by atoms with Gasteiger partial charge in [0.1, 0.15) is 10.9 Å². The van der Waals surface area contributed by atoms with Gasteiger partial charge in [0.05, 0.1) is 24.0 Å². The second-order valence-corrected chi connectivity index (χ2v) is 7.27. The molecular formula is C21H20Cl2N4O2. The maximum atomic E-state index is 11.9. The number of benzene rings is 2. The summed E-state index contributed by atoms with van der Waals surface area (Å²) in [4.78, 5) is 11.9. The Hall–Kier alpha value is -2.83. The number of ether oxygens (including phenoxy) is 1. The molecule has 0 aliphatic rings. The molecule has 0 aliphatic carbocycles. The van der Waals surface area contributed by atoms with Gasteiger partial charge in [-0.25, -0.2) is 10.1 Å². The van der Waals surface area contributed by atoms with Gasteiger partial charge in [0, 0.05) is 5.02 Å². The van der Waals surface area contributed by atoms with Crippen molar-refractivity contribution in [2.75, 3.05) is 6.61 Å². The van der Waals surface area contributed by atoms with Gasteiger partial charge in [-0.2, -0.15) is 10.2 Å². The largest absolute Gasteiger partial charge is 0.484 e. The molecule has 0 unspecified atom stereocenters. The molecule has 0 saturated heterocycles. The number of amides is 1. The van der Waals surface area contributed by atoms with Crippen molar-refractivity contribution < 1.29 is 9.53 Å². The van der Waals surface area contributed by atoms with Gasteiger partial charge in [-0.1, -0.05) is 47.5 Å². The van der Waals surface area contributed by atoms with E-state index in [4.69, 9.17) is 27.9 Å². The first-order valence-corrected chi connectivity index (χ1v) is 9.66. The number of hydrogen-bond acceptors (Lipinski definition) is 4. The van der Waals surface area contributed by atoms with Gasteiger partial charge in [-0.05, 0) is 49.2 Å². The van der Waals surface area contributed by atoms with Crippen molar-refractivity contribution in [3.63, 3.8) is 0 Å². The molecule has 1 amide bonds. The van der Waals surface area contributed by atoms with Crippen molar-refractivity contribution >= 4 is 35.3 Å². The number of carbonyl (C=O) groups is 1. The van der Waals surface area contributed by atoms with Crippen LogP contribution in [0.1, 0.15) is 22.4 Å². The monoisotopic (exact) mass is 430 g/mol. The maximum absolute atomic E-state index is 11.9. The zero-order valence-corrected chi connectivity index (χ0v) is 17.5. The Morgan fingerprint density at radius 1 is 1.21 bits per heavy atom. The summed E-state index contributed by atoms with van der Waals surface area (Å²) in [5.74, 6) is 0.261. The number of aromatic nitrogens is 2. The lowest BCUT2D eigenvalue weighted by atomic mass is 10.2. The van der Waals surface area contributed by atoms with Gasteiger partial charge >= 0.3 is 0 Å². The summed E-state index contributed by atoms with van der Waals surface area (Å²) < 4.78 is 7.11. The number of nitrogens with zero attached hydrogens (tertiary/aromatic N) is 3. The predicted molar refractivity (Wildman–Crippen MR) is 115 cm³/mol. The average Bonchev–Trinajstić information content (AvgIpc) is 2.95. The first-order chi connectivity index (χ1) is 13.9. The molecule has 0 atom stereocenters. The van der Waals surface area contributed by atoms with Gasteiger partial charge in [-0.15, -0.1) is 0 Å². The molecular weight excluding hydrogens is 411 g/mol. The minimum atomic E-state index is -0.370. The van der Waals surface area contributed by atoms with Crippen LogP contribution in [0.25, 0.3) is 0 Å². The van der Waals surface area contributed by atoms with Crippen molar-refractivity contribution in [2.24, 2.45) is 5.10 Å². The SMILES string of the molecule is Cc1cccc(OCC(=O)NN=Cc2c(C)nn(Cc3ccc(Cl)cc3)c2Cl)c1. The highest BCUT2D eigenvalue weighted by molar-refractivity contribution is 6.32. The first-order valence-electron chi connectivity index (χ1n) is 8.91. The first kappa shape index (κ1) is 20.9. The molecule has 0 spiro atoms. The fourth-order valence-electron chi connectivity index (χ4n) is 2.64. The zero-order valence-electron chi connectivity index (χ0n) is 16.0. The van der Waals surface area contributed by atoms with Crippen LogP contribution >= 0.6 is 23.2 Å². The van der Waals surface area contributed by atoms with Crippen molar-refractivity contribution in [1.82, 2.24) is 15.2 Å². The van der Waals surface area contributed by atoms with Gasteiger partial charge in [0.2, 0.25) is 0 Å². The van der Waals surface area contributed by atoms with E-state index >= 15 is 0 Å². The van der Waals surface area contributed by atoms with E-state index < -0.39 is 0 Å². The molecule has 150 valence electrons. The minimum absolute atomic E-state index is 0.136. The molecule has 29 heavy (non-hydrogen) atoms. The summed E-state index contributed by atoms with van der Waals surface area (Å²) in [6.45, 7) is 4.15. The van der Waals surface area contributed by atoms with E-state index in [0.717, 1.165) is 11.1 Å². The van der Waals surface area contributed by atoms with Crippen LogP contribution in [0.5, 0.6) is 5.75 Å². The number of hydrazone groups is 1. The van der Waals surface area contributed by atoms with Crippen molar-refractivity contribution in [3.05, 3.63) is 81.1 Å². The molecule has 3 aromatic rings. The zero-order chi connectivity index (χ0) is 20.8. The molecule has 0 radical (unpaired) electrons. The Balaban J connectivity index is 1.58. The molecule has 1 heterocycles. The van der Waals surface area contributed by atoms with Crippen LogP contribution in [0, 0.1) is 13.8 Å². The Kier molecular flexibility index (Phi) is 6.90. The molecule has 8 heteroatoms. The van der Waals surface area contributed by atoms with Crippen LogP contribution < -0.4 is 10.2 Å². The highest BCUT2D eigenvalue weighted by Gasteiger charge is 2.12. The number of carbonyl (C=O) groups excluding carboxylic acids is 1. The Labute approximate surface area is 179 Å². The summed E-state index contributed by atoms with van der Waals surface area (Å²) in [6, 6.07) is 14.9. The molecule has 0 aliphatic heterocycles. The Bertz CT molecular complexity index is 1030. The number of halogens is 2. The topological polar surface area (TPSA) is 68.5 Å². The molecule has 0 fully saturated rings. The average molecular weight is 431 g/mol. The van der Waals surface area contributed by atoms with Gasteiger partial charge in [0.25, 0.3) is 5.91 Å². The van der Waals surface area contributed by atoms with Crippen molar-refractivity contribution in [2.45, 2.75) is 20.4 Å². The van der Waals surface area contributed by atoms with E-state index in [1.807, 2.05) is 56.3 Å². The standard InChI is InChI=1S/C21H20Cl2N4O2/c1-14-4-3-5-18(10-14)29-13-20(28)25-24-11-19-15(2)26-27(21(19)23)12-16-6-8-17(22)9-7-16/h3-11H,12-13H2,1-2H3,(H,25,28). The second-order valence-electron chi connectivity index (χ2n) is 6.47. The number of hydrogen-bond donors (Lipinski definition) is 1. The van der Waals surface area contributed by atoms with Gasteiger partial charge < -0.3 is 4.74 Å². The van der Waals surface area contributed by atoms with Crippen LogP contribution in [-0.4, -0.2) is 28.5 Å². The molecule has 6 nitrogen and oxygen atoms in total. The predicted octanol–water partition coefficient (Wildman–Crippen LogP) is 4.38. The lowest BCUT2D eigenvalue weighted by Gasteiger charge is -2.05. The summed E-state index contributed by atoms with van der Waals surface area (Å²) >= 11 is 12.3. The Morgan fingerprint density at radius 3 is 2.69 bits per heavy atom. The van der Waals surface area contributed by atoms with Crippen LogP contribution in [0.2, 0.25) is 10.2 Å². The third kappa shape index (κ3) is 5.82. The summed E-state index contributed by atoms with van der Waals surface area (Å²) in [6.07, 6.45) is 1.48. The molecule has 1 N–H and O–H groups in total. The maximum Gasteiger partial charge on any atom is 0.277 e. The van der Waals surface area contributed by atoms with E-state index in [9.17, 15) is 4.79 Å². The van der Waals surface area contributed by atoms with Crippen LogP contribution in [-0.2, 0) is 11.3 Å². The molecule has 3 rings (SSSR count). The minimum Gasteiger partial charge on any atom is -0.484 e. The lowest BCUT2D eigenvalue weighted by Crippen LogP contribution is -2.24. The van der Waals surface area contributed by atoms with Crippen LogP contribution in [0.4, 0.5) is 0 Å². The third-order valence-corrected chi connectivity index (χ3v) is 4.75. The van der Waals surface area contributed by atoms with E-state index in [2.05, 4.69) is 15.6 Å². The van der Waals surface area contributed by atoms with Crippen LogP contribution in [0.3, 0.4) is 0 Å². The summed E-state index contributed by atoms with van der Waals surface area (Å²) in [5.41, 5.74) is 5.85. The van der Waals surface area contributed by atoms with Crippen LogP contribution in [0.15, 0.2) is 53.6 Å². The van der Waals surface area contributed by atoms with Gasteiger partial charge in [0.15, 0.2) is 6.61 Å². The van der Waals surface area contributed by atoms with Crippen molar-refractivity contribution in [3.8, 4) is 5.75 Å². The number of nitrogens with one attached hydrogen (secondary N) is 1. The number of rotatable bonds is 7. The summed E-state index contributed by atoms with van der Waals surface area (Å²) in [5, 5.41) is 9.51. The van der Waals surface area contributed by atoms with Gasteiger partial charge in [-0.3, -0.25) is 4.79 Å². The molecule has 0 saturated carbocycles. The van der Waals surface area contributed by atoms with E-state index in [-0.39, 0.29) is 12.5 Å². The van der Waals surface area contributed by atoms with E-state index in [1.165, 1.54) is 6.21 Å². The van der Waals surface area contributed by atoms with E-state index in [1.54, 1.807) is 10.7 Å². The fourth-order valence-corrected chi connectivity index (χ4v) is 3.05. The fraction of sp³-hybridized carbons (Fsp3) is 0.190. The van der Waals surface area contributed by atoms with E-state index in [0.29, 0.717) is 33.7 Å². The quantitative estimate of drug-likeness (QED) is 0.446. The third-order valence-electron chi connectivity index (χ3n) is 4.10. The second kappa shape index (κ2) is 9.58. The molecule has 1 aromatic heterocycles. The lowest BCUT2D eigenvalue weighted by molar-refractivity contribution is -0.123. The summed E-state index contributed by atoms with van der Waals surface area (Å²) in [7, 11) is 0. The Morgan fingerprint density at radius 2 is 1.97 bits per heavy atom. The van der Waals surface area contributed by atoms with Crippen molar-refractivity contribution in [1.29, 1.82) is 0 Å². The highest BCUT2D eigenvalue weighted by atomic mass is 35.5. The normalized spacial score (nSPS) is 11.0.